The monoisotopic (exact) mass is 280 g/mol. The molecular formula is C14H24N4O2. The lowest BCUT2D eigenvalue weighted by atomic mass is 9.88. The van der Waals surface area contributed by atoms with Crippen molar-refractivity contribution in [1.29, 1.82) is 0 Å². The Morgan fingerprint density at radius 1 is 1.10 bits per heavy atom. The predicted molar refractivity (Wildman–Crippen MR) is 77.2 cm³/mol. The van der Waals surface area contributed by atoms with Crippen LogP contribution in [-0.4, -0.2) is 34.2 Å². The summed E-state index contributed by atoms with van der Waals surface area (Å²) in [7, 11) is 0. The molecule has 1 aliphatic rings. The van der Waals surface area contributed by atoms with Crippen LogP contribution in [0.15, 0.2) is 0 Å². The highest BCUT2D eigenvalue weighted by atomic mass is 16.5. The largest absolute Gasteiger partial charge is 0.464 e. The maximum Gasteiger partial charge on any atom is 0.324 e. The first-order valence-corrected chi connectivity index (χ1v) is 7.52. The van der Waals surface area contributed by atoms with Gasteiger partial charge in [0.05, 0.1) is 6.61 Å². The molecule has 1 aromatic heterocycles. The molecule has 20 heavy (non-hydrogen) atoms. The van der Waals surface area contributed by atoms with Crippen LogP contribution < -0.4 is 14.8 Å². The van der Waals surface area contributed by atoms with E-state index < -0.39 is 0 Å². The van der Waals surface area contributed by atoms with Crippen molar-refractivity contribution in [1.82, 2.24) is 15.0 Å². The smallest absolute Gasteiger partial charge is 0.324 e. The van der Waals surface area contributed by atoms with Crippen LogP contribution in [0.3, 0.4) is 0 Å². The summed E-state index contributed by atoms with van der Waals surface area (Å²) in [6.45, 7) is 7.39. The molecule has 1 saturated carbocycles. The summed E-state index contributed by atoms with van der Waals surface area (Å²) in [5.41, 5.74) is 0. The van der Waals surface area contributed by atoms with Crippen LogP contribution in [0.1, 0.15) is 46.5 Å². The molecule has 0 spiro atoms. The number of rotatable bonds is 6. The fourth-order valence-corrected chi connectivity index (χ4v) is 2.41. The average molecular weight is 280 g/mol. The Labute approximate surface area is 120 Å². The molecule has 0 aromatic carbocycles. The number of nitrogens with zero attached hydrogens (tertiary/aromatic N) is 3. The first-order valence-electron chi connectivity index (χ1n) is 7.52. The predicted octanol–water partition coefficient (Wildman–Crippen LogP) is 2.66. The van der Waals surface area contributed by atoms with Crippen LogP contribution in [0.5, 0.6) is 12.0 Å². The van der Waals surface area contributed by atoms with E-state index in [1.165, 1.54) is 19.3 Å². The number of hydrogen-bond donors (Lipinski definition) is 1. The van der Waals surface area contributed by atoms with E-state index in [0.29, 0.717) is 30.5 Å². The van der Waals surface area contributed by atoms with E-state index in [-0.39, 0.29) is 6.10 Å². The normalized spacial score (nSPS) is 22.4. The lowest BCUT2D eigenvalue weighted by Gasteiger charge is -2.28. The molecule has 2 atom stereocenters. The first kappa shape index (κ1) is 14.8. The third-order valence-electron chi connectivity index (χ3n) is 3.49. The van der Waals surface area contributed by atoms with E-state index in [2.05, 4.69) is 27.2 Å². The lowest BCUT2D eigenvalue weighted by molar-refractivity contribution is 0.0909. The van der Waals surface area contributed by atoms with Crippen LogP contribution in [-0.2, 0) is 0 Å². The molecule has 1 aromatic rings. The third kappa shape index (κ3) is 3.95. The summed E-state index contributed by atoms with van der Waals surface area (Å²) in [6.07, 6.45) is 4.94. The van der Waals surface area contributed by atoms with Crippen molar-refractivity contribution in [2.45, 2.75) is 52.6 Å². The summed E-state index contributed by atoms with van der Waals surface area (Å²) in [4.78, 5) is 12.7. The van der Waals surface area contributed by atoms with Crippen molar-refractivity contribution in [2.24, 2.45) is 5.92 Å². The van der Waals surface area contributed by atoms with Gasteiger partial charge in [-0.2, -0.15) is 9.97 Å². The van der Waals surface area contributed by atoms with E-state index in [9.17, 15) is 0 Å². The van der Waals surface area contributed by atoms with Gasteiger partial charge in [-0.1, -0.05) is 13.3 Å². The van der Waals surface area contributed by atoms with Gasteiger partial charge in [0, 0.05) is 6.54 Å². The fraction of sp³-hybridized carbons (Fsp3) is 0.786. The SMILES string of the molecule is CCNc1nc(OCC)nc(OC2CCCCC2C)n1. The van der Waals surface area contributed by atoms with Gasteiger partial charge in [-0.15, -0.1) is 4.98 Å². The van der Waals surface area contributed by atoms with Gasteiger partial charge in [0.1, 0.15) is 6.10 Å². The summed E-state index contributed by atoms with van der Waals surface area (Å²) in [6, 6.07) is 0.676. The van der Waals surface area contributed by atoms with Crippen LogP contribution >= 0.6 is 0 Å². The van der Waals surface area contributed by atoms with Crippen LogP contribution in [0.2, 0.25) is 0 Å². The minimum atomic E-state index is 0.190. The van der Waals surface area contributed by atoms with Crippen molar-refractivity contribution in [3.63, 3.8) is 0 Å². The number of aromatic nitrogens is 3. The molecule has 1 aliphatic carbocycles. The van der Waals surface area contributed by atoms with Crippen molar-refractivity contribution >= 4 is 5.95 Å². The van der Waals surface area contributed by atoms with E-state index in [1.807, 2.05) is 13.8 Å². The summed E-state index contributed by atoms with van der Waals surface area (Å²) >= 11 is 0. The summed E-state index contributed by atoms with van der Waals surface area (Å²) < 4.78 is 11.3. The minimum Gasteiger partial charge on any atom is -0.464 e. The molecule has 6 nitrogen and oxygen atoms in total. The topological polar surface area (TPSA) is 69.2 Å². The number of hydrogen-bond acceptors (Lipinski definition) is 6. The summed E-state index contributed by atoms with van der Waals surface area (Å²) in [5.74, 6) is 1.04. The Hall–Kier alpha value is -1.59. The molecule has 2 unspecified atom stereocenters. The van der Waals surface area contributed by atoms with Gasteiger partial charge >= 0.3 is 12.0 Å². The lowest BCUT2D eigenvalue weighted by Crippen LogP contribution is -2.29. The second kappa shape index (κ2) is 7.26. The number of ether oxygens (including phenoxy) is 2. The van der Waals surface area contributed by atoms with E-state index >= 15 is 0 Å². The molecule has 1 heterocycles. The number of nitrogens with one attached hydrogen (secondary N) is 1. The maximum atomic E-state index is 5.96. The zero-order chi connectivity index (χ0) is 14.4. The van der Waals surface area contributed by atoms with Crippen molar-refractivity contribution in [3.05, 3.63) is 0 Å². The Bertz CT molecular complexity index is 403. The molecule has 0 aliphatic heterocycles. The molecule has 6 heteroatoms. The second-order valence-electron chi connectivity index (χ2n) is 5.11. The van der Waals surface area contributed by atoms with Gasteiger partial charge in [0.15, 0.2) is 0 Å². The zero-order valence-corrected chi connectivity index (χ0v) is 12.6. The Morgan fingerprint density at radius 3 is 2.55 bits per heavy atom. The van der Waals surface area contributed by atoms with Gasteiger partial charge in [-0.3, -0.25) is 0 Å². The molecule has 0 saturated heterocycles. The molecule has 0 bridgehead atoms. The van der Waals surface area contributed by atoms with E-state index in [4.69, 9.17) is 9.47 Å². The highest BCUT2D eigenvalue weighted by molar-refractivity contribution is 5.27. The van der Waals surface area contributed by atoms with Gasteiger partial charge in [0.2, 0.25) is 5.95 Å². The van der Waals surface area contributed by atoms with Crippen LogP contribution in [0, 0.1) is 5.92 Å². The molecule has 2 rings (SSSR count). The van der Waals surface area contributed by atoms with Gasteiger partial charge in [-0.25, -0.2) is 0 Å². The highest BCUT2D eigenvalue weighted by Gasteiger charge is 2.24. The Balaban J connectivity index is 2.12. The van der Waals surface area contributed by atoms with E-state index in [0.717, 1.165) is 13.0 Å². The van der Waals surface area contributed by atoms with Crippen molar-refractivity contribution < 1.29 is 9.47 Å². The van der Waals surface area contributed by atoms with Gasteiger partial charge < -0.3 is 14.8 Å². The highest BCUT2D eigenvalue weighted by Crippen LogP contribution is 2.27. The van der Waals surface area contributed by atoms with Gasteiger partial charge in [0.25, 0.3) is 0 Å². The van der Waals surface area contributed by atoms with Crippen molar-refractivity contribution in [2.75, 3.05) is 18.5 Å². The third-order valence-corrected chi connectivity index (χ3v) is 3.49. The molecule has 112 valence electrons. The molecule has 1 N–H and O–H groups in total. The maximum absolute atomic E-state index is 5.96. The quantitative estimate of drug-likeness (QED) is 0.864. The van der Waals surface area contributed by atoms with Crippen LogP contribution in [0.25, 0.3) is 0 Å². The minimum absolute atomic E-state index is 0.190. The van der Waals surface area contributed by atoms with Crippen LogP contribution in [0.4, 0.5) is 5.95 Å². The summed E-state index contributed by atoms with van der Waals surface area (Å²) in [5, 5.41) is 3.07. The zero-order valence-electron chi connectivity index (χ0n) is 12.6. The molecular weight excluding hydrogens is 256 g/mol. The van der Waals surface area contributed by atoms with Crippen molar-refractivity contribution in [3.8, 4) is 12.0 Å². The molecule has 1 fully saturated rings. The Morgan fingerprint density at radius 2 is 1.85 bits per heavy atom. The average Bonchev–Trinajstić information content (AvgIpc) is 2.42. The Kier molecular flexibility index (Phi) is 5.38. The van der Waals surface area contributed by atoms with E-state index in [1.54, 1.807) is 0 Å². The second-order valence-corrected chi connectivity index (χ2v) is 5.11. The van der Waals surface area contributed by atoms with Gasteiger partial charge in [-0.05, 0) is 39.0 Å². The first-order chi connectivity index (χ1) is 9.72. The fourth-order valence-electron chi connectivity index (χ4n) is 2.41. The molecule has 0 radical (unpaired) electrons. The standard InChI is InChI=1S/C14H24N4O2/c1-4-15-12-16-13(19-5-2)18-14(17-12)20-11-9-7-6-8-10(11)3/h10-11H,4-9H2,1-3H3,(H,15,16,17,18). The number of anilines is 1. The molecule has 0 amide bonds.